The van der Waals surface area contributed by atoms with Crippen LogP contribution in [-0.2, 0) is 4.79 Å². The van der Waals surface area contributed by atoms with Crippen LogP contribution in [0.25, 0.3) is 0 Å². The standard InChI is InChI=1S/C18H24N4O/c1-3-22(4-2)17-11-10-15(13-20-17)21-18(23)16(12-19)14-8-6-5-7-9-14/h5-11,13,16H,3-4,12,19H2,1-2H3,(H,21,23). The number of carbonyl (C=O) groups is 1. The van der Waals surface area contributed by atoms with Crippen LogP contribution in [0, 0.1) is 0 Å². The summed E-state index contributed by atoms with van der Waals surface area (Å²) in [5, 5.41) is 2.89. The van der Waals surface area contributed by atoms with Crippen molar-refractivity contribution in [1.82, 2.24) is 4.98 Å². The van der Waals surface area contributed by atoms with Crippen molar-refractivity contribution < 1.29 is 4.79 Å². The third-order valence-corrected chi connectivity index (χ3v) is 3.86. The summed E-state index contributed by atoms with van der Waals surface area (Å²) in [7, 11) is 0. The second-order valence-corrected chi connectivity index (χ2v) is 5.27. The van der Waals surface area contributed by atoms with Crippen molar-refractivity contribution in [1.29, 1.82) is 0 Å². The number of aromatic nitrogens is 1. The summed E-state index contributed by atoms with van der Waals surface area (Å²) < 4.78 is 0. The van der Waals surface area contributed by atoms with Crippen molar-refractivity contribution >= 4 is 17.4 Å². The summed E-state index contributed by atoms with van der Waals surface area (Å²) in [6.45, 7) is 6.25. The molecule has 2 aromatic rings. The number of pyridine rings is 1. The fourth-order valence-electron chi connectivity index (χ4n) is 2.50. The fourth-order valence-corrected chi connectivity index (χ4v) is 2.50. The molecular formula is C18H24N4O. The van der Waals surface area contributed by atoms with Crippen LogP contribution in [-0.4, -0.2) is 30.5 Å². The first kappa shape index (κ1) is 17.0. The van der Waals surface area contributed by atoms with Gasteiger partial charge in [0.05, 0.1) is 17.8 Å². The van der Waals surface area contributed by atoms with E-state index in [1.54, 1.807) is 6.20 Å². The number of benzene rings is 1. The number of carbonyl (C=O) groups excluding carboxylic acids is 1. The minimum Gasteiger partial charge on any atom is -0.357 e. The molecular weight excluding hydrogens is 288 g/mol. The van der Waals surface area contributed by atoms with Gasteiger partial charge in [0.2, 0.25) is 5.91 Å². The second-order valence-electron chi connectivity index (χ2n) is 5.27. The first-order chi connectivity index (χ1) is 11.2. The molecule has 0 saturated heterocycles. The number of hydrogen-bond acceptors (Lipinski definition) is 4. The molecule has 5 nitrogen and oxygen atoms in total. The van der Waals surface area contributed by atoms with E-state index < -0.39 is 0 Å². The van der Waals surface area contributed by atoms with E-state index in [0.29, 0.717) is 5.69 Å². The molecule has 0 aliphatic rings. The summed E-state index contributed by atoms with van der Waals surface area (Å²) in [6.07, 6.45) is 1.68. The molecule has 5 heteroatoms. The summed E-state index contributed by atoms with van der Waals surface area (Å²) >= 11 is 0. The van der Waals surface area contributed by atoms with Crippen LogP contribution in [0.4, 0.5) is 11.5 Å². The van der Waals surface area contributed by atoms with E-state index in [-0.39, 0.29) is 18.4 Å². The number of amides is 1. The van der Waals surface area contributed by atoms with E-state index in [0.717, 1.165) is 24.5 Å². The molecule has 0 radical (unpaired) electrons. The van der Waals surface area contributed by atoms with Gasteiger partial charge in [-0.15, -0.1) is 0 Å². The Labute approximate surface area is 137 Å². The lowest BCUT2D eigenvalue weighted by molar-refractivity contribution is -0.117. The van der Waals surface area contributed by atoms with Crippen LogP contribution in [0.15, 0.2) is 48.7 Å². The third kappa shape index (κ3) is 4.29. The number of nitrogens with one attached hydrogen (secondary N) is 1. The van der Waals surface area contributed by atoms with E-state index in [2.05, 4.69) is 29.0 Å². The van der Waals surface area contributed by atoms with Gasteiger partial charge in [-0.05, 0) is 31.5 Å². The lowest BCUT2D eigenvalue weighted by Gasteiger charge is -2.20. The molecule has 1 atom stereocenters. The lowest BCUT2D eigenvalue weighted by atomic mass is 9.98. The Morgan fingerprint density at radius 3 is 2.39 bits per heavy atom. The van der Waals surface area contributed by atoms with Crippen molar-refractivity contribution in [2.75, 3.05) is 29.9 Å². The zero-order valence-electron chi connectivity index (χ0n) is 13.7. The molecule has 0 fully saturated rings. The highest BCUT2D eigenvalue weighted by molar-refractivity contribution is 5.96. The molecule has 0 saturated carbocycles. The minimum atomic E-state index is -0.362. The topological polar surface area (TPSA) is 71.2 Å². The van der Waals surface area contributed by atoms with Gasteiger partial charge in [0.1, 0.15) is 5.82 Å². The van der Waals surface area contributed by atoms with Gasteiger partial charge in [-0.25, -0.2) is 4.98 Å². The number of rotatable bonds is 7. The molecule has 122 valence electrons. The molecule has 1 unspecified atom stereocenters. The van der Waals surface area contributed by atoms with Crippen molar-refractivity contribution in [3.8, 4) is 0 Å². The monoisotopic (exact) mass is 312 g/mol. The van der Waals surface area contributed by atoms with E-state index >= 15 is 0 Å². The SMILES string of the molecule is CCN(CC)c1ccc(NC(=O)C(CN)c2ccccc2)cn1. The molecule has 1 heterocycles. The van der Waals surface area contributed by atoms with Crippen molar-refractivity contribution in [2.24, 2.45) is 5.73 Å². The van der Waals surface area contributed by atoms with Crippen molar-refractivity contribution in [3.05, 3.63) is 54.2 Å². The van der Waals surface area contributed by atoms with Gasteiger partial charge in [0.25, 0.3) is 0 Å². The van der Waals surface area contributed by atoms with Crippen molar-refractivity contribution in [3.63, 3.8) is 0 Å². The van der Waals surface area contributed by atoms with E-state index in [4.69, 9.17) is 5.73 Å². The van der Waals surface area contributed by atoms with Crippen LogP contribution in [0.5, 0.6) is 0 Å². The molecule has 1 aromatic heterocycles. The van der Waals surface area contributed by atoms with Gasteiger partial charge in [-0.2, -0.15) is 0 Å². The van der Waals surface area contributed by atoms with Crippen LogP contribution in [0.3, 0.4) is 0 Å². The normalized spacial score (nSPS) is 11.8. The Morgan fingerprint density at radius 1 is 1.17 bits per heavy atom. The lowest BCUT2D eigenvalue weighted by Crippen LogP contribution is -2.27. The number of anilines is 2. The summed E-state index contributed by atoms with van der Waals surface area (Å²) in [4.78, 5) is 19.0. The Bertz CT molecular complexity index is 609. The maximum atomic E-state index is 12.4. The molecule has 0 aliphatic heterocycles. The van der Waals surface area contributed by atoms with Gasteiger partial charge in [0, 0.05) is 19.6 Å². The summed E-state index contributed by atoms with van der Waals surface area (Å²) in [5.41, 5.74) is 7.37. The summed E-state index contributed by atoms with van der Waals surface area (Å²) in [5.74, 6) is 0.432. The van der Waals surface area contributed by atoms with Gasteiger partial charge in [-0.1, -0.05) is 30.3 Å². The van der Waals surface area contributed by atoms with Gasteiger partial charge < -0.3 is 16.0 Å². The minimum absolute atomic E-state index is 0.115. The molecule has 23 heavy (non-hydrogen) atoms. The Balaban J connectivity index is 2.07. The van der Waals surface area contributed by atoms with E-state index in [1.807, 2.05) is 42.5 Å². The zero-order valence-corrected chi connectivity index (χ0v) is 13.7. The van der Waals surface area contributed by atoms with Crippen molar-refractivity contribution in [2.45, 2.75) is 19.8 Å². The zero-order chi connectivity index (χ0) is 16.7. The predicted octanol–water partition coefficient (Wildman–Crippen LogP) is 2.61. The quantitative estimate of drug-likeness (QED) is 0.824. The van der Waals surface area contributed by atoms with Gasteiger partial charge in [-0.3, -0.25) is 4.79 Å². The largest absolute Gasteiger partial charge is 0.357 e. The molecule has 1 aromatic carbocycles. The average molecular weight is 312 g/mol. The van der Waals surface area contributed by atoms with E-state index in [9.17, 15) is 4.79 Å². The Morgan fingerprint density at radius 2 is 1.87 bits per heavy atom. The molecule has 2 rings (SSSR count). The number of nitrogens with zero attached hydrogens (tertiary/aromatic N) is 2. The predicted molar refractivity (Wildman–Crippen MR) is 94.7 cm³/mol. The first-order valence-electron chi connectivity index (χ1n) is 7.96. The molecule has 0 bridgehead atoms. The highest BCUT2D eigenvalue weighted by Crippen LogP contribution is 2.18. The molecule has 0 aliphatic carbocycles. The molecule has 0 spiro atoms. The average Bonchev–Trinajstić information content (AvgIpc) is 2.59. The van der Waals surface area contributed by atoms with E-state index in [1.165, 1.54) is 0 Å². The number of nitrogens with two attached hydrogens (primary N) is 1. The Hall–Kier alpha value is -2.40. The highest BCUT2D eigenvalue weighted by Gasteiger charge is 2.19. The van der Waals surface area contributed by atoms with Crippen LogP contribution >= 0.6 is 0 Å². The van der Waals surface area contributed by atoms with Crippen LogP contribution in [0.1, 0.15) is 25.3 Å². The third-order valence-electron chi connectivity index (χ3n) is 3.86. The summed E-state index contributed by atoms with van der Waals surface area (Å²) in [6, 6.07) is 13.4. The molecule has 3 N–H and O–H groups in total. The Kier molecular flexibility index (Phi) is 6.11. The first-order valence-corrected chi connectivity index (χ1v) is 7.96. The molecule has 1 amide bonds. The van der Waals surface area contributed by atoms with Gasteiger partial charge >= 0.3 is 0 Å². The second kappa shape index (κ2) is 8.29. The maximum Gasteiger partial charge on any atom is 0.233 e. The van der Waals surface area contributed by atoms with Gasteiger partial charge in [0.15, 0.2) is 0 Å². The number of hydrogen-bond donors (Lipinski definition) is 2. The maximum absolute atomic E-state index is 12.4. The smallest absolute Gasteiger partial charge is 0.233 e. The highest BCUT2D eigenvalue weighted by atomic mass is 16.1. The van der Waals surface area contributed by atoms with Crippen LogP contribution in [0.2, 0.25) is 0 Å². The fraction of sp³-hybridized carbons (Fsp3) is 0.333. The van der Waals surface area contributed by atoms with Crippen LogP contribution < -0.4 is 16.0 Å².